The van der Waals surface area contributed by atoms with Gasteiger partial charge in [-0.15, -0.1) is 0 Å². The summed E-state index contributed by atoms with van der Waals surface area (Å²) in [6.07, 6.45) is 6.13. The van der Waals surface area contributed by atoms with Crippen molar-refractivity contribution in [1.29, 1.82) is 0 Å². The third-order valence-electron chi connectivity index (χ3n) is 2.97. The van der Waals surface area contributed by atoms with E-state index in [1.807, 2.05) is 6.08 Å². The van der Waals surface area contributed by atoms with E-state index in [0.29, 0.717) is 5.41 Å². The summed E-state index contributed by atoms with van der Waals surface area (Å²) >= 11 is 0. The molecule has 3 saturated carbocycles. The average molecular weight is 120 g/mol. The van der Waals surface area contributed by atoms with Crippen molar-refractivity contribution in [1.82, 2.24) is 0 Å². The van der Waals surface area contributed by atoms with Crippen LogP contribution in [0.1, 0.15) is 19.3 Å². The van der Waals surface area contributed by atoms with Crippen LogP contribution in [0.15, 0.2) is 24.8 Å². The van der Waals surface area contributed by atoms with Crippen molar-refractivity contribution in [3.05, 3.63) is 24.8 Å². The van der Waals surface area contributed by atoms with Gasteiger partial charge in [-0.25, -0.2) is 0 Å². The van der Waals surface area contributed by atoms with Gasteiger partial charge in [-0.1, -0.05) is 19.2 Å². The Hall–Kier alpha value is -0.520. The first-order valence-corrected chi connectivity index (χ1v) is 3.59. The van der Waals surface area contributed by atoms with Crippen LogP contribution in [0.5, 0.6) is 0 Å². The van der Waals surface area contributed by atoms with Crippen molar-refractivity contribution in [3.63, 3.8) is 0 Å². The largest absolute Gasteiger partial charge is 0.0988 e. The summed E-state index contributed by atoms with van der Waals surface area (Å²) in [5.41, 5.74) is 1.84. The summed E-state index contributed by atoms with van der Waals surface area (Å²) in [4.78, 5) is 0. The second-order valence-electron chi connectivity index (χ2n) is 3.49. The van der Waals surface area contributed by atoms with Gasteiger partial charge >= 0.3 is 0 Å². The Labute approximate surface area is 56.3 Å². The van der Waals surface area contributed by atoms with Crippen LogP contribution >= 0.6 is 0 Å². The minimum Gasteiger partial charge on any atom is -0.0988 e. The number of hydrogen-bond acceptors (Lipinski definition) is 0. The van der Waals surface area contributed by atoms with Crippen molar-refractivity contribution in [3.8, 4) is 0 Å². The van der Waals surface area contributed by atoms with Gasteiger partial charge in [-0.2, -0.15) is 0 Å². The molecule has 0 aliphatic heterocycles. The third-order valence-corrected chi connectivity index (χ3v) is 2.97. The third kappa shape index (κ3) is 0.444. The highest BCUT2D eigenvalue weighted by molar-refractivity contribution is 5.31. The van der Waals surface area contributed by atoms with Gasteiger partial charge in [0.15, 0.2) is 0 Å². The number of allylic oxidation sites excluding steroid dienone is 2. The average Bonchev–Trinajstić information content (AvgIpc) is 1.57. The van der Waals surface area contributed by atoms with Gasteiger partial charge in [0.25, 0.3) is 0 Å². The Morgan fingerprint density at radius 3 is 2.11 bits per heavy atom. The van der Waals surface area contributed by atoms with Crippen LogP contribution in [0.4, 0.5) is 0 Å². The molecule has 0 heteroatoms. The molecule has 3 rings (SSSR count). The minimum absolute atomic E-state index is 0.562. The molecule has 0 N–H and O–H groups in total. The summed E-state index contributed by atoms with van der Waals surface area (Å²) < 4.78 is 0. The van der Waals surface area contributed by atoms with Crippen molar-refractivity contribution in [2.75, 3.05) is 0 Å². The first kappa shape index (κ1) is 5.28. The zero-order valence-corrected chi connectivity index (χ0v) is 5.69. The van der Waals surface area contributed by atoms with E-state index in [9.17, 15) is 0 Å². The van der Waals surface area contributed by atoms with Gasteiger partial charge in [0, 0.05) is 0 Å². The SMILES string of the molecule is C=CC(=C)C12CC(C1)C2. The van der Waals surface area contributed by atoms with Crippen LogP contribution < -0.4 is 0 Å². The zero-order chi connectivity index (χ0) is 6.48. The van der Waals surface area contributed by atoms with Crippen LogP contribution in [0.3, 0.4) is 0 Å². The van der Waals surface area contributed by atoms with Gasteiger partial charge in [0.1, 0.15) is 0 Å². The van der Waals surface area contributed by atoms with Crippen molar-refractivity contribution in [2.24, 2.45) is 11.3 Å². The molecule has 0 nitrogen and oxygen atoms in total. The van der Waals surface area contributed by atoms with Gasteiger partial charge in [0.05, 0.1) is 0 Å². The lowest BCUT2D eigenvalue weighted by atomic mass is 9.42. The van der Waals surface area contributed by atoms with Gasteiger partial charge in [-0.3, -0.25) is 0 Å². The topological polar surface area (TPSA) is 0 Å². The molecule has 48 valence electrons. The van der Waals surface area contributed by atoms with E-state index >= 15 is 0 Å². The standard InChI is InChI=1S/C9H12/c1-3-7(2)9-4-8(5-9)6-9/h3,8H,1-2,4-6H2. The monoisotopic (exact) mass is 120 g/mol. The Morgan fingerprint density at radius 2 is 2.00 bits per heavy atom. The lowest BCUT2D eigenvalue weighted by Gasteiger charge is -2.62. The van der Waals surface area contributed by atoms with Crippen molar-refractivity contribution < 1.29 is 0 Å². The first-order chi connectivity index (χ1) is 4.27. The molecule has 3 aliphatic rings. The lowest BCUT2D eigenvalue weighted by Crippen LogP contribution is -2.52. The molecular formula is C9H12. The summed E-state index contributed by atoms with van der Waals surface area (Å²) in [7, 11) is 0. The molecule has 0 aromatic rings. The van der Waals surface area contributed by atoms with Crippen molar-refractivity contribution >= 4 is 0 Å². The van der Waals surface area contributed by atoms with E-state index in [2.05, 4.69) is 13.2 Å². The summed E-state index contributed by atoms with van der Waals surface area (Å²) in [6.45, 7) is 7.72. The van der Waals surface area contributed by atoms with Crippen LogP contribution in [-0.2, 0) is 0 Å². The highest BCUT2D eigenvalue weighted by Gasteiger charge is 2.57. The first-order valence-electron chi connectivity index (χ1n) is 3.59. The zero-order valence-electron chi connectivity index (χ0n) is 5.69. The van der Waals surface area contributed by atoms with Gasteiger partial charge in [0.2, 0.25) is 0 Å². The molecular weight excluding hydrogens is 108 g/mol. The molecule has 0 atom stereocenters. The normalized spacial score (nSPS) is 44.7. The molecule has 0 heterocycles. The smallest absolute Gasteiger partial charge is 0.00451 e. The Bertz CT molecular complexity index is 159. The lowest BCUT2D eigenvalue weighted by molar-refractivity contribution is -0.0675. The predicted molar refractivity (Wildman–Crippen MR) is 39.1 cm³/mol. The number of rotatable bonds is 2. The Balaban J connectivity index is 2.12. The molecule has 3 aliphatic carbocycles. The van der Waals surface area contributed by atoms with Crippen LogP contribution in [0.25, 0.3) is 0 Å². The summed E-state index contributed by atoms with van der Waals surface area (Å²) in [5.74, 6) is 1.06. The molecule has 0 aromatic heterocycles. The molecule has 0 aromatic carbocycles. The fourth-order valence-corrected chi connectivity index (χ4v) is 2.09. The van der Waals surface area contributed by atoms with Crippen LogP contribution in [-0.4, -0.2) is 0 Å². The Morgan fingerprint density at radius 1 is 1.44 bits per heavy atom. The predicted octanol–water partition coefficient (Wildman–Crippen LogP) is 2.53. The van der Waals surface area contributed by atoms with E-state index in [-0.39, 0.29) is 0 Å². The molecule has 0 spiro atoms. The molecule has 2 bridgehead atoms. The van der Waals surface area contributed by atoms with Crippen LogP contribution in [0.2, 0.25) is 0 Å². The molecule has 3 fully saturated rings. The second kappa shape index (κ2) is 1.31. The maximum atomic E-state index is 3.99. The fourth-order valence-electron chi connectivity index (χ4n) is 2.09. The second-order valence-corrected chi connectivity index (χ2v) is 3.49. The minimum atomic E-state index is 0.562. The molecule has 0 unspecified atom stereocenters. The number of hydrogen-bond donors (Lipinski definition) is 0. The quantitative estimate of drug-likeness (QED) is 0.491. The summed E-state index contributed by atoms with van der Waals surface area (Å²) in [6, 6.07) is 0. The van der Waals surface area contributed by atoms with E-state index < -0.39 is 0 Å². The van der Waals surface area contributed by atoms with E-state index in [1.165, 1.54) is 24.8 Å². The highest BCUT2D eigenvalue weighted by atomic mass is 14.6. The molecule has 0 saturated heterocycles. The van der Waals surface area contributed by atoms with Gasteiger partial charge < -0.3 is 0 Å². The maximum Gasteiger partial charge on any atom is -0.00451 e. The molecule has 9 heavy (non-hydrogen) atoms. The molecule has 0 amide bonds. The summed E-state index contributed by atoms with van der Waals surface area (Å²) in [5, 5.41) is 0. The van der Waals surface area contributed by atoms with Crippen LogP contribution in [0, 0.1) is 11.3 Å². The van der Waals surface area contributed by atoms with Gasteiger partial charge in [-0.05, 0) is 36.2 Å². The van der Waals surface area contributed by atoms with E-state index in [4.69, 9.17) is 0 Å². The van der Waals surface area contributed by atoms with E-state index in [0.717, 1.165) is 5.92 Å². The Kier molecular flexibility index (Phi) is 0.769. The van der Waals surface area contributed by atoms with E-state index in [1.54, 1.807) is 0 Å². The molecule has 0 radical (unpaired) electrons. The highest BCUT2D eigenvalue weighted by Crippen LogP contribution is 2.67. The maximum absolute atomic E-state index is 3.99. The fraction of sp³-hybridized carbons (Fsp3) is 0.556. The van der Waals surface area contributed by atoms with Crippen molar-refractivity contribution in [2.45, 2.75) is 19.3 Å².